The van der Waals surface area contributed by atoms with Gasteiger partial charge in [0.25, 0.3) is 0 Å². The zero-order chi connectivity index (χ0) is 17.2. The number of aryl methyl sites for hydroxylation is 1. The highest BCUT2D eigenvalue weighted by Crippen LogP contribution is 2.35. The van der Waals surface area contributed by atoms with Crippen LogP contribution in [0.25, 0.3) is 0 Å². The topological polar surface area (TPSA) is 85.0 Å². The molecule has 0 unspecified atom stereocenters. The number of halogens is 3. The highest BCUT2D eigenvalue weighted by atomic mass is 32.2. The molecule has 1 fully saturated rings. The van der Waals surface area contributed by atoms with Crippen LogP contribution < -0.4 is 15.4 Å². The quantitative estimate of drug-likeness (QED) is 0.910. The minimum Gasteiger partial charge on any atom is -0.482 e. The first-order valence-electron chi connectivity index (χ1n) is 6.31. The Kier molecular flexibility index (Phi) is 4.83. The number of amidine groups is 1. The molecule has 6 nitrogen and oxygen atoms in total. The number of carbonyl (C=O) groups excluding carboxylic acids is 2. The van der Waals surface area contributed by atoms with Gasteiger partial charge in [0.15, 0.2) is 11.8 Å². The van der Waals surface area contributed by atoms with E-state index in [1.807, 2.05) is 0 Å². The van der Waals surface area contributed by atoms with Crippen LogP contribution in [0.4, 0.5) is 23.7 Å². The Morgan fingerprint density at radius 1 is 1.48 bits per heavy atom. The summed E-state index contributed by atoms with van der Waals surface area (Å²) in [6, 6.07) is 3.35. The molecular formula is C13H12F3N3O3S. The Balaban J connectivity index is 2.42. The molecule has 2 rings (SSSR count). The van der Waals surface area contributed by atoms with Gasteiger partial charge in [0.2, 0.25) is 5.91 Å². The molecule has 23 heavy (non-hydrogen) atoms. The molecule has 1 aliphatic rings. The molecule has 0 saturated carbocycles. The lowest BCUT2D eigenvalue weighted by Gasteiger charge is -2.20. The summed E-state index contributed by atoms with van der Waals surface area (Å²) in [5, 5.41) is 0.00459. The number of primary amides is 1. The van der Waals surface area contributed by atoms with Crippen LogP contribution in [-0.2, 0) is 4.79 Å². The normalized spacial score (nSPS) is 17.0. The first kappa shape index (κ1) is 17.1. The van der Waals surface area contributed by atoms with Gasteiger partial charge in [0.05, 0.1) is 11.4 Å². The van der Waals surface area contributed by atoms with Crippen LogP contribution in [0.5, 0.6) is 5.75 Å². The Labute approximate surface area is 133 Å². The number of nitrogens with zero attached hydrogens (tertiary/aromatic N) is 2. The Morgan fingerprint density at radius 3 is 2.78 bits per heavy atom. The van der Waals surface area contributed by atoms with E-state index in [-0.39, 0.29) is 22.4 Å². The van der Waals surface area contributed by atoms with Crippen molar-refractivity contribution in [3.05, 3.63) is 23.8 Å². The summed E-state index contributed by atoms with van der Waals surface area (Å²) in [6.45, 7) is 0.205. The van der Waals surface area contributed by atoms with Crippen molar-refractivity contribution in [2.24, 2.45) is 10.7 Å². The number of alkyl halides is 3. The fraction of sp³-hybridized carbons (Fsp3) is 0.308. The fourth-order valence-electron chi connectivity index (χ4n) is 1.86. The second kappa shape index (κ2) is 6.49. The predicted molar refractivity (Wildman–Crippen MR) is 79.7 cm³/mol. The van der Waals surface area contributed by atoms with Gasteiger partial charge in [-0.15, -0.1) is 0 Å². The van der Waals surface area contributed by atoms with Gasteiger partial charge in [0, 0.05) is 0 Å². The van der Waals surface area contributed by atoms with Gasteiger partial charge < -0.3 is 10.5 Å². The van der Waals surface area contributed by atoms with Crippen LogP contribution in [0.3, 0.4) is 0 Å². The van der Waals surface area contributed by atoms with Crippen molar-refractivity contribution in [3.63, 3.8) is 0 Å². The summed E-state index contributed by atoms with van der Waals surface area (Å²) in [4.78, 5) is 27.5. The van der Waals surface area contributed by atoms with E-state index in [0.717, 1.165) is 16.7 Å². The zero-order valence-electron chi connectivity index (χ0n) is 11.9. The Hall–Kier alpha value is -2.23. The van der Waals surface area contributed by atoms with E-state index in [9.17, 15) is 22.8 Å². The molecule has 0 radical (unpaired) electrons. The van der Waals surface area contributed by atoms with Gasteiger partial charge in [-0.25, -0.2) is 4.79 Å². The van der Waals surface area contributed by atoms with E-state index >= 15 is 0 Å². The number of rotatable bonds is 3. The second-order valence-corrected chi connectivity index (χ2v) is 5.57. The van der Waals surface area contributed by atoms with Crippen molar-refractivity contribution in [1.29, 1.82) is 0 Å². The molecular weight excluding hydrogens is 335 g/mol. The van der Waals surface area contributed by atoms with Gasteiger partial charge in [-0.05, 0) is 24.6 Å². The summed E-state index contributed by atoms with van der Waals surface area (Å²) in [7, 11) is 0. The van der Waals surface area contributed by atoms with E-state index in [2.05, 4.69) is 4.99 Å². The SMILES string of the molecule is Cc1ccc(OCC(F)(F)F)c(N2C(=O)CSC2=NC(N)=O)c1. The average Bonchev–Trinajstić information content (AvgIpc) is 2.76. The first-order chi connectivity index (χ1) is 10.7. The standard InChI is InChI=1S/C13H12F3N3O3S/c1-7-2-3-9(22-6-13(14,15)16)8(4-7)19-10(20)5-23-12(19)18-11(17)21/h2-4H,5-6H2,1H3,(H2,17,21). The van der Waals surface area contributed by atoms with Crippen LogP contribution in [0.1, 0.15) is 5.56 Å². The molecule has 2 N–H and O–H groups in total. The molecule has 0 spiro atoms. The van der Waals surface area contributed by atoms with Gasteiger partial charge in [-0.2, -0.15) is 18.2 Å². The molecule has 1 aromatic carbocycles. The summed E-state index contributed by atoms with van der Waals surface area (Å²) in [5.41, 5.74) is 5.77. The van der Waals surface area contributed by atoms with E-state index in [1.54, 1.807) is 13.0 Å². The number of anilines is 1. The minimum absolute atomic E-state index is 0.00122. The van der Waals surface area contributed by atoms with Gasteiger partial charge in [0.1, 0.15) is 5.75 Å². The molecule has 0 aromatic heterocycles. The summed E-state index contributed by atoms with van der Waals surface area (Å²) < 4.78 is 41.9. The van der Waals surface area contributed by atoms with Crippen molar-refractivity contribution >= 4 is 34.6 Å². The van der Waals surface area contributed by atoms with E-state index < -0.39 is 24.7 Å². The lowest BCUT2D eigenvalue weighted by Crippen LogP contribution is -2.31. The molecule has 1 saturated heterocycles. The minimum atomic E-state index is -4.52. The lowest BCUT2D eigenvalue weighted by molar-refractivity contribution is -0.153. The molecule has 1 aliphatic heterocycles. The molecule has 1 heterocycles. The van der Waals surface area contributed by atoms with E-state index in [1.165, 1.54) is 12.1 Å². The van der Waals surface area contributed by atoms with Crippen LogP contribution in [-0.4, -0.2) is 35.6 Å². The van der Waals surface area contributed by atoms with Crippen LogP contribution in [0.15, 0.2) is 23.2 Å². The number of benzene rings is 1. The molecule has 0 bridgehead atoms. The number of urea groups is 1. The summed E-state index contributed by atoms with van der Waals surface area (Å²) in [5.74, 6) is -0.572. The van der Waals surface area contributed by atoms with Crippen molar-refractivity contribution in [2.75, 3.05) is 17.3 Å². The summed E-state index contributed by atoms with van der Waals surface area (Å²) in [6.07, 6.45) is -4.52. The average molecular weight is 347 g/mol. The van der Waals surface area contributed by atoms with Crippen LogP contribution in [0.2, 0.25) is 0 Å². The number of carbonyl (C=O) groups is 2. The largest absolute Gasteiger partial charge is 0.482 e. The maximum Gasteiger partial charge on any atom is 0.422 e. The number of nitrogens with two attached hydrogens (primary N) is 1. The lowest BCUT2D eigenvalue weighted by atomic mass is 10.2. The highest BCUT2D eigenvalue weighted by molar-refractivity contribution is 8.15. The molecule has 124 valence electrons. The van der Waals surface area contributed by atoms with Crippen molar-refractivity contribution < 1.29 is 27.5 Å². The Bertz CT molecular complexity index is 676. The van der Waals surface area contributed by atoms with Crippen LogP contribution in [0, 0.1) is 6.92 Å². The molecule has 10 heteroatoms. The third-order valence-corrected chi connectivity index (χ3v) is 3.64. The second-order valence-electron chi connectivity index (χ2n) is 4.63. The van der Waals surface area contributed by atoms with Gasteiger partial charge in [-0.1, -0.05) is 17.8 Å². The number of thioether (sulfide) groups is 1. The molecule has 1 aromatic rings. The van der Waals surface area contributed by atoms with Crippen molar-refractivity contribution in [2.45, 2.75) is 13.1 Å². The molecule has 3 amide bonds. The number of hydrogen-bond donors (Lipinski definition) is 1. The zero-order valence-corrected chi connectivity index (χ0v) is 12.7. The molecule has 0 aliphatic carbocycles. The van der Waals surface area contributed by atoms with Gasteiger partial charge in [-0.3, -0.25) is 9.69 Å². The van der Waals surface area contributed by atoms with Crippen molar-refractivity contribution in [3.8, 4) is 5.75 Å². The fourth-order valence-corrected chi connectivity index (χ4v) is 2.73. The summed E-state index contributed by atoms with van der Waals surface area (Å²) >= 11 is 0.968. The monoisotopic (exact) mass is 347 g/mol. The Morgan fingerprint density at radius 2 is 2.17 bits per heavy atom. The number of aliphatic imine (C=N–C) groups is 1. The maximum atomic E-state index is 12.4. The van der Waals surface area contributed by atoms with Crippen LogP contribution >= 0.6 is 11.8 Å². The molecule has 0 atom stereocenters. The third-order valence-electron chi connectivity index (χ3n) is 2.72. The predicted octanol–water partition coefficient (Wildman–Crippen LogP) is 2.45. The highest BCUT2D eigenvalue weighted by Gasteiger charge is 2.34. The van der Waals surface area contributed by atoms with Crippen molar-refractivity contribution in [1.82, 2.24) is 0 Å². The van der Waals surface area contributed by atoms with Gasteiger partial charge >= 0.3 is 12.2 Å². The third kappa shape index (κ3) is 4.38. The maximum absolute atomic E-state index is 12.4. The van der Waals surface area contributed by atoms with E-state index in [4.69, 9.17) is 10.5 Å². The van der Waals surface area contributed by atoms with E-state index in [0.29, 0.717) is 5.56 Å². The smallest absolute Gasteiger partial charge is 0.422 e. The number of amides is 3. The number of hydrogen-bond acceptors (Lipinski definition) is 4. The number of ether oxygens (including phenoxy) is 1. The first-order valence-corrected chi connectivity index (χ1v) is 7.30.